The number of allylic oxidation sites excluding steroid dienone is 1. The second kappa shape index (κ2) is 8.52. The Morgan fingerprint density at radius 1 is 1.04 bits per heavy atom. The van der Waals surface area contributed by atoms with Gasteiger partial charge in [-0.1, -0.05) is 35.9 Å². The van der Waals surface area contributed by atoms with E-state index in [0.29, 0.717) is 5.57 Å². The van der Waals surface area contributed by atoms with Crippen LogP contribution in [0.5, 0.6) is 0 Å². The molecule has 2 aromatic rings. The number of carboxylic acids is 1. The van der Waals surface area contributed by atoms with E-state index in [1.807, 2.05) is 6.92 Å². The van der Waals surface area contributed by atoms with Crippen molar-refractivity contribution in [2.24, 2.45) is 0 Å². The number of hydrogen-bond donors (Lipinski definition) is 2. The van der Waals surface area contributed by atoms with Crippen LogP contribution in [0, 0.1) is 13.8 Å². The van der Waals surface area contributed by atoms with Crippen LogP contribution in [0.2, 0.25) is 0 Å². The van der Waals surface area contributed by atoms with Crippen molar-refractivity contribution in [2.45, 2.75) is 34.6 Å². The van der Waals surface area contributed by atoms with Crippen molar-refractivity contribution in [2.75, 3.05) is 11.9 Å². The van der Waals surface area contributed by atoms with Gasteiger partial charge in [-0.25, -0.2) is 4.79 Å². The minimum atomic E-state index is -0.887. The molecule has 2 rings (SSSR count). The highest BCUT2D eigenvalue weighted by Crippen LogP contribution is 2.28. The third-order valence-corrected chi connectivity index (χ3v) is 4.33. The fourth-order valence-corrected chi connectivity index (χ4v) is 2.74. The van der Waals surface area contributed by atoms with Crippen molar-refractivity contribution >= 4 is 17.7 Å². The van der Waals surface area contributed by atoms with Crippen LogP contribution in [0.1, 0.15) is 37.5 Å². The smallest absolute Gasteiger partial charge is 0.331 e. The summed E-state index contributed by atoms with van der Waals surface area (Å²) in [6, 6.07) is 12.6. The minimum Gasteiger partial charge on any atom is -0.478 e. The third-order valence-electron chi connectivity index (χ3n) is 4.33. The maximum atomic E-state index is 11.1. The number of nitrogens with one attached hydrogen (secondary N) is 1. The quantitative estimate of drug-likeness (QED) is 0.509. The molecule has 0 amide bonds. The van der Waals surface area contributed by atoms with Crippen LogP contribution in [0.25, 0.3) is 17.2 Å². The SMILES string of the molecule is CC(C)=CCNc1ccc(-c2cc(C)c(C=C(C)C(=O)O)cc2C)cc1. The van der Waals surface area contributed by atoms with Crippen LogP contribution >= 0.6 is 0 Å². The summed E-state index contributed by atoms with van der Waals surface area (Å²) in [6.07, 6.45) is 3.89. The molecule has 0 heterocycles. The van der Waals surface area contributed by atoms with Crippen LogP contribution in [-0.4, -0.2) is 17.6 Å². The summed E-state index contributed by atoms with van der Waals surface area (Å²) in [4.78, 5) is 11.1. The van der Waals surface area contributed by atoms with Gasteiger partial charge in [-0.3, -0.25) is 0 Å². The lowest BCUT2D eigenvalue weighted by Gasteiger charge is -2.12. The molecule has 0 bridgehead atoms. The van der Waals surface area contributed by atoms with Gasteiger partial charge in [-0.15, -0.1) is 0 Å². The second-order valence-corrected chi connectivity index (χ2v) is 6.90. The fourth-order valence-electron chi connectivity index (χ4n) is 2.74. The van der Waals surface area contributed by atoms with Gasteiger partial charge in [0.25, 0.3) is 0 Å². The molecule has 0 aromatic heterocycles. The molecule has 0 aliphatic rings. The molecule has 0 saturated heterocycles. The molecule has 2 N–H and O–H groups in total. The number of carbonyl (C=O) groups is 1. The first kappa shape index (κ1) is 19.5. The highest BCUT2D eigenvalue weighted by molar-refractivity contribution is 5.92. The normalized spacial score (nSPS) is 11.2. The van der Waals surface area contributed by atoms with Crippen molar-refractivity contribution in [3.8, 4) is 11.1 Å². The summed E-state index contributed by atoms with van der Waals surface area (Å²) >= 11 is 0. The number of carboxylic acid groups (broad SMARTS) is 1. The molecule has 2 aromatic carbocycles. The van der Waals surface area contributed by atoms with E-state index in [1.165, 1.54) is 11.1 Å². The number of anilines is 1. The number of aryl methyl sites for hydroxylation is 2. The molecular formula is C23H27NO2. The molecule has 0 unspecified atom stereocenters. The molecular weight excluding hydrogens is 322 g/mol. The first-order chi connectivity index (χ1) is 12.3. The Bertz CT molecular complexity index is 855. The molecule has 0 fully saturated rings. The average molecular weight is 349 g/mol. The second-order valence-electron chi connectivity index (χ2n) is 6.90. The number of rotatable bonds is 6. The van der Waals surface area contributed by atoms with Crippen LogP contribution in [0.3, 0.4) is 0 Å². The Morgan fingerprint density at radius 2 is 1.69 bits per heavy atom. The fraction of sp³-hybridized carbons (Fsp3) is 0.261. The van der Waals surface area contributed by atoms with E-state index in [2.05, 4.69) is 68.6 Å². The van der Waals surface area contributed by atoms with E-state index in [1.54, 1.807) is 13.0 Å². The van der Waals surface area contributed by atoms with Crippen LogP contribution in [0.4, 0.5) is 5.69 Å². The molecule has 0 spiro atoms. The maximum Gasteiger partial charge on any atom is 0.331 e. The zero-order valence-electron chi connectivity index (χ0n) is 16.2. The first-order valence-corrected chi connectivity index (χ1v) is 8.78. The Hall–Kier alpha value is -2.81. The molecule has 0 aliphatic heterocycles. The van der Waals surface area contributed by atoms with Crippen molar-refractivity contribution in [1.29, 1.82) is 0 Å². The monoisotopic (exact) mass is 349 g/mol. The lowest BCUT2D eigenvalue weighted by atomic mass is 9.94. The molecule has 3 nitrogen and oxygen atoms in total. The molecule has 0 radical (unpaired) electrons. The van der Waals surface area contributed by atoms with Crippen molar-refractivity contribution in [1.82, 2.24) is 0 Å². The van der Waals surface area contributed by atoms with Crippen LogP contribution < -0.4 is 5.32 Å². The lowest BCUT2D eigenvalue weighted by molar-refractivity contribution is -0.132. The van der Waals surface area contributed by atoms with Gasteiger partial charge in [0.2, 0.25) is 0 Å². The van der Waals surface area contributed by atoms with E-state index < -0.39 is 5.97 Å². The standard InChI is InChI=1S/C23H27NO2/c1-15(2)10-11-24-21-8-6-19(7-9-21)22-14-16(3)20(12-17(22)4)13-18(5)23(25)26/h6-10,12-14,24H,11H2,1-5H3,(H,25,26). The van der Waals surface area contributed by atoms with Gasteiger partial charge >= 0.3 is 5.97 Å². The summed E-state index contributed by atoms with van der Waals surface area (Å²) in [5.41, 5.74) is 8.21. The van der Waals surface area contributed by atoms with Crippen LogP contribution in [0.15, 0.2) is 53.6 Å². The summed E-state index contributed by atoms with van der Waals surface area (Å²) in [7, 11) is 0. The zero-order chi connectivity index (χ0) is 19.3. The van der Waals surface area contributed by atoms with Gasteiger partial charge < -0.3 is 10.4 Å². The number of benzene rings is 2. The summed E-state index contributed by atoms with van der Waals surface area (Å²) < 4.78 is 0. The molecule has 0 saturated carbocycles. The van der Waals surface area contributed by atoms with Crippen molar-refractivity contribution in [3.05, 3.63) is 70.3 Å². The predicted octanol–water partition coefficient (Wildman–Crippen LogP) is 5.84. The Balaban J connectivity index is 2.26. The lowest BCUT2D eigenvalue weighted by Crippen LogP contribution is -1.98. The highest BCUT2D eigenvalue weighted by Gasteiger charge is 2.08. The van der Waals surface area contributed by atoms with Crippen molar-refractivity contribution in [3.63, 3.8) is 0 Å². The van der Waals surface area contributed by atoms with E-state index >= 15 is 0 Å². The summed E-state index contributed by atoms with van der Waals surface area (Å²) in [5, 5.41) is 12.5. The molecule has 3 heteroatoms. The topological polar surface area (TPSA) is 49.3 Å². The average Bonchev–Trinajstić information content (AvgIpc) is 2.58. The van der Waals surface area contributed by atoms with Gasteiger partial charge in [0.15, 0.2) is 0 Å². The van der Waals surface area contributed by atoms with Gasteiger partial charge in [-0.2, -0.15) is 0 Å². The van der Waals surface area contributed by atoms with Crippen LogP contribution in [-0.2, 0) is 4.79 Å². The molecule has 136 valence electrons. The van der Waals surface area contributed by atoms with E-state index in [4.69, 9.17) is 5.11 Å². The minimum absolute atomic E-state index is 0.340. The largest absolute Gasteiger partial charge is 0.478 e. The van der Waals surface area contributed by atoms with E-state index in [9.17, 15) is 4.79 Å². The van der Waals surface area contributed by atoms with Gasteiger partial charge in [0, 0.05) is 17.8 Å². The number of aliphatic carboxylic acids is 1. The molecule has 0 aliphatic carbocycles. The highest BCUT2D eigenvalue weighted by atomic mass is 16.4. The van der Waals surface area contributed by atoms with Gasteiger partial charge in [0.05, 0.1) is 0 Å². The van der Waals surface area contributed by atoms with Gasteiger partial charge in [0.1, 0.15) is 0 Å². The Labute approximate surface area is 156 Å². The van der Waals surface area contributed by atoms with Crippen molar-refractivity contribution < 1.29 is 9.90 Å². The Morgan fingerprint density at radius 3 is 2.27 bits per heavy atom. The van der Waals surface area contributed by atoms with Gasteiger partial charge in [-0.05, 0) is 80.6 Å². The zero-order valence-corrected chi connectivity index (χ0v) is 16.2. The molecule has 26 heavy (non-hydrogen) atoms. The first-order valence-electron chi connectivity index (χ1n) is 8.78. The maximum absolute atomic E-state index is 11.1. The summed E-state index contributed by atoms with van der Waals surface area (Å²) in [6.45, 7) is 10.7. The summed E-state index contributed by atoms with van der Waals surface area (Å²) in [5.74, 6) is -0.887. The number of hydrogen-bond acceptors (Lipinski definition) is 2. The Kier molecular flexibility index (Phi) is 6.40. The van der Waals surface area contributed by atoms with E-state index in [0.717, 1.165) is 34.5 Å². The molecule has 0 atom stereocenters. The van der Waals surface area contributed by atoms with E-state index in [-0.39, 0.29) is 0 Å². The predicted molar refractivity (Wildman–Crippen MR) is 111 cm³/mol. The third kappa shape index (κ3) is 5.09.